The zero-order valence-electron chi connectivity index (χ0n) is 8.43. The van der Waals surface area contributed by atoms with Crippen molar-refractivity contribution in [2.75, 3.05) is 6.54 Å². The molecule has 15 heavy (non-hydrogen) atoms. The van der Waals surface area contributed by atoms with Gasteiger partial charge in [0.05, 0.1) is 5.02 Å². The number of fused-ring (bicyclic) bond motifs is 1. The fourth-order valence-electron chi connectivity index (χ4n) is 1.81. The highest BCUT2D eigenvalue weighted by atomic mass is 35.5. The number of nitrogens with zero attached hydrogens (tertiary/aromatic N) is 1. The highest BCUT2D eigenvalue weighted by molar-refractivity contribution is 6.31. The van der Waals surface area contributed by atoms with Crippen LogP contribution in [-0.2, 0) is 13.5 Å². The molecule has 1 heterocycles. The average Bonchev–Trinajstić information content (AvgIpc) is 2.46. The van der Waals surface area contributed by atoms with Gasteiger partial charge in [-0.1, -0.05) is 11.6 Å². The Bertz CT molecular complexity index is 505. The molecule has 0 spiro atoms. The molecule has 0 fully saturated rings. The summed E-state index contributed by atoms with van der Waals surface area (Å²) in [4.78, 5) is 0. The van der Waals surface area contributed by atoms with E-state index in [1.165, 1.54) is 6.07 Å². The topological polar surface area (TPSA) is 30.9 Å². The average molecular weight is 227 g/mol. The second-order valence-electron chi connectivity index (χ2n) is 3.59. The molecule has 0 aliphatic rings. The van der Waals surface area contributed by atoms with E-state index >= 15 is 0 Å². The first-order chi connectivity index (χ1) is 7.13. The van der Waals surface area contributed by atoms with Crippen molar-refractivity contribution in [2.45, 2.75) is 6.42 Å². The maximum atomic E-state index is 13.3. The molecule has 0 saturated heterocycles. The summed E-state index contributed by atoms with van der Waals surface area (Å²) < 4.78 is 15.2. The van der Waals surface area contributed by atoms with Gasteiger partial charge in [0.2, 0.25) is 0 Å². The van der Waals surface area contributed by atoms with Crippen molar-refractivity contribution >= 4 is 22.5 Å². The third-order valence-corrected chi connectivity index (χ3v) is 2.82. The molecular formula is C11H12ClFN2. The van der Waals surface area contributed by atoms with Crippen LogP contribution in [0, 0.1) is 5.82 Å². The lowest BCUT2D eigenvalue weighted by Crippen LogP contribution is -2.01. The zero-order chi connectivity index (χ0) is 11.0. The van der Waals surface area contributed by atoms with Crippen molar-refractivity contribution in [2.24, 2.45) is 12.8 Å². The first-order valence-electron chi connectivity index (χ1n) is 4.76. The van der Waals surface area contributed by atoms with Crippen molar-refractivity contribution in [3.8, 4) is 0 Å². The summed E-state index contributed by atoms with van der Waals surface area (Å²) in [5.74, 6) is -0.381. The maximum Gasteiger partial charge on any atom is 0.142 e. The van der Waals surface area contributed by atoms with E-state index in [1.807, 2.05) is 17.8 Å². The third kappa shape index (κ3) is 1.73. The number of aryl methyl sites for hydroxylation is 1. The Morgan fingerprint density at radius 3 is 2.87 bits per heavy atom. The first kappa shape index (κ1) is 10.5. The van der Waals surface area contributed by atoms with Crippen LogP contribution < -0.4 is 5.73 Å². The second kappa shape index (κ2) is 3.83. The molecule has 4 heteroatoms. The number of benzene rings is 1. The van der Waals surface area contributed by atoms with Gasteiger partial charge in [-0.15, -0.1) is 0 Å². The molecule has 0 saturated carbocycles. The van der Waals surface area contributed by atoms with Gasteiger partial charge in [-0.05, 0) is 30.7 Å². The Hall–Kier alpha value is -1.06. The lowest BCUT2D eigenvalue weighted by molar-refractivity contribution is 0.630. The van der Waals surface area contributed by atoms with E-state index in [1.54, 1.807) is 6.07 Å². The van der Waals surface area contributed by atoms with Gasteiger partial charge in [0.1, 0.15) is 5.82 Å². The summed E-state index contributed by atoms with van der Waals surface area (Å²) in [6.45, 7) is 0.559. The molecule has 2 N–H and O–H groups in total. The minimum atomic E-state index is -0.381. The molecule has 0 bridgehead atoms. The van der Waals surface area contributed by atoms with Gasteiger partial charge in [0, 0.05) is 24.1 Å². The van der Waals surface area contributed by atoms with Crippen molar-refractivity contribution in [1.82, 2.24) is 4.57 Å². The van der Waals surface area contributed by atoms with E-state index in [9.17, 15) is 4.39 Å². The van der Waals surface area contributed by atoms with Gasteiger partial charge in [0.15, 0.2) is 0 Å². The fraction of sp³-hybridized carbons (Fsp3) is 0.273. The summed E-state index contributed by atoms with van der Waals surface area (Å²) in [6, 6.07) is 3.12. The zero-order valence-corrected chi connectivity index (χ0v) is 9.18. The third-order valence-electron chi connectivity index (χ3n) is 2.53. The molecule has 0 amide bonds. The molecule has 0 radical (unpaired) electrons. The van der Waals surface area contributed by atoms with E-state index in [0.717, 1.165) is 22.9 Å². The van der Waals surface area contributed by atoms with Crippen LogP contribution in [0.5, 0.6) is 0 Å². The normalized spacial score (nSPS) is 11.2. The summed E-state index contributed by atoms with van der Waals surface area (Å²) in [5.41, 5.74) is 7.50. The lowest BCUT2D eigenvalue weighted by Gasteiger charge is -1.99. The van der Waals surface area contributed by atoms with Crippen LogP contribution in [0.2, 0.25) is 5.02 Å². The van der Waals surface area contributed by atoms with Crippen LogP contribution in [0.1, 0.15) is 5.56 Å². The molecule has 0 aliphatic heterocycles. The largest absolute Gasteiger partial charge is 0.350 e. The van der Waals surface area contributed by atoms with E-state index < -0.39 is 0 Å². The summed E-state index contributed by atoms with van der Waals surface area (Å²) in [6.07, 6.45) is 2.71. The predicted molar refractivity (Wildman–Crippen MR) is 60.6 cm³/mol. The minimum absolute atomic E-state index is 0.156. The van der Waals surface area contributed by atoms with Crippen LogP contribution in [0.25, 0.3) is 10.9 Å². The smallest absolute Gasteiger partial charge is 0.142 e. The predicted octanol–water partition coefficient (Wildman–Crippen LogP) is 2.47. The number of halogens is 2. The van der Waals surface area contributed by atoms with Crippen molar-refractivity contribution in [1.29, 1.82) is 0 Å². The van der Waals surface area contributed by atoms with E-state index in [2.05, 4.69) is 0 Å². The molecule has 0 aliphatic carbocycles. The quantitative estimate of drug-likeness (QED) is 0.838. The van der Waals surface area contributed by atoms with Gasteiger partial charge in [-0.25, -0.2) is 4.39 Å². The number of aromatic nitrogens is 1. The monoisotopic (exact) mass is 226 g/mol. The number of hydrogen-bond donors (Lipinski definition) is 1. The molecule has 2 aromatic rings. The Morgan fingerprint density at radius 1 is 1.47 bits per heavy atom. The van der Waals surface area contributed by atoms with Crippen molar-refractivity contribution < 1.29 is 4.39 Å². The molecule has 1 aromatic heterocycles. The molecule has 2 rings (SSSR count). The Balaban J connectivity index is 2.70. The summed E-state index contributed by atoms with van der Waals surface area (Å²) in [5, 5.41) is 1.05. The van der Waals surface area contributed by atoms with E-state index in [4.69, 9.17) is 17.3 Å². The van der Waals surface area contributed by atoms with Crippen LogP contribution in [0.4, 0.5) is 4.39 Å². The molecule has 0 unspecified atom stereocenters. The van der Waals surface area contributed by atoms with Gasteiger partial charge in [-0.3, -0.25) is 0 Å². The Kier molecular flexibility index (Phi) is 2.67. The summed E-state index contributed by atoms with van der Waals surface area (Å²) in [7, 11) is 1.91. The van der Waals surface area contributed by atoms with Gasteiger partial charge in [-0.2, -0.15) is 0 Å². The summed E-state index contributed by atoms with van der Waals surface area (Å²) >= 11 is 5.73. The first-order valence-corrected chi connectivity index (χ1v) is 5.14. The standard InChI is InChI=1S/C11H12ClFN2/c1-15-6-7(2-3-14)8-4-10(13)9(12)5-11(8)15/h4-6H,2-3,14H2,1H3. The highest BCUT2D eigenvalue weighted by Crippen LogP contribution is 2.26. The van der Waals surface area contributed by atoms with Gasteiger partial charge in [0.25, 0.3) is 0 Å². The van der Waals surface area contributed by atoms with Crippen molar-refractivity contribution in [3.63, 3.8) is 0 Å². The van der Waals surface area contributed by atoms with Crippen LogP contribution in [0.15, 0.2) is 18.3 Å². The molecule has 2 nitrogen and oxygen atoms in total. The lowest BCUT2D eigenvalue weighted by atomic mass is 10.1. The second-order valence-corrected chi connectivity index (χ2v) is 3.99. The SMILES string of the molecule is Cn1cc(CCN)c2cc(F)c(Cl)cc21. The molecule has 1 aromatic carbocycles. The Labute approximate surface area is 92.4 Å². The number of nitrogens with two attached hydrogens (primary N) is 1. The van der Waals surface area contributed by atoms with Gasteiger partial charge < -0.3 is 10.3 Å². The highest BCUT2D eigenvalue weighted by Gasteiger charge is 2.09. The van der Waals surface area contributed by atoms with Crippen LogP contribution in [0.3, 0.4) is 0 Å². The maximum absolute atomic E-state index is 13.3. The van der Waals surface area contributed by atoms with Crippen LogP contribution in [-0.4, -0.2) is 11.1 Å². The molecular weight excluding hydrogens is 215 g/mol. The van der Waals surface area contributed by atoms with E-state index in [-0.39, 0.29) is 10.8 Å². The molecule has 80 valence electrons. The molecule has 0 atom stereocenters. The Morgan fingerprint density at radius 2 is 2.20 bits per heavy atom. The van der Waals surface area contributed by atoms with Gasteiger partial charge >= 0.3 is 0 Å². The van der Waals surface area contributed by atoms with E-state index in [0.29, 0.717) is 6.54 Å². The van der Waals surface area contributed by atoms with Crippen molar-refractivity contribution in [3.05, 3.63) is 34.7 Å². The van der Waals surface area contributed by atoms with Crippen LogP contribution >= 0.6 is 11.6 Å². The minimum Gasteiger partial charge on any atom is -0.350 e. The fourth-order valence-corrected chi connectivity index (χ4v) is 1.97. The number of hydrogen-bond acceptors (Lipinski definition) is 1. The number of rotatable bonds is 2.